The highest BCUT2D eigenvalue weighted by atomic mass is 32.1. The van der Waals surface area contributed by atoms with Crippen molar-refractivity contribution in [1.29, 1.82) is 0 Å². The number of anilines is 1. The fourth-order valence-corrected chi connectivity index (χ4v) is 3.07. The van der Waals surface area contributed by atoms with Crippen molar-refractivity contribution in [2.75, 3.05) is 11.9 Å². The van der Waals surface area contributed by atoms with Gasteiger partial charge < -0.3 is 4.90 Å². The molecule has 23 heavy (non-hydrogen) atoms. The summed E-state index contributed by atoms with van der Waals surface area (Å²) in [5.74, 6) is 0.0408. The summed E-state index contributed by atoms with van der Waals surface area (Å²) >= 11 is 1.46. The number of hydrogen-bond donors (Lipinski definition) is 0. The first-order valence-corrected chi connectivity index (χ1v) is 7.63. The summed E-state index contributed by atoms with van der Waals surface area (Å²) < 4.78 is 1.17. The summed E-state index contributed by atoms with van der Waals surface area (Å²) in [4.78, 5) is 33.3. The van der Waals surface area contributed by atoms with E-state index in [1.807, 2.05) is 12.3 Å². The fourth-order valence-electron chi connectivity index (χ4n) is 2.25. The molecule has 0 saturated carbocycles. The van der Waals surface area contributed by atoms with Crippen LogP contribution in [-0.4, -0.2) is 26.3 Å². The maximum Gasteiger partial charge on any atom is 0.376 e. The van der Waals surface area contributed by atoms with Crippen LogP contribution >= 0.6 is 11.3 Å². The Kier molecular flexibility index (Phi) is 3.78. The molecule has 118 valence electrons. The van der Waals surface area contributed by atoms with Gasteiger partial charge in [0.15, 0.2) is 0 Å². The first kappa shape index (κ1) is 15.1. The lowest BCUT2D eigenvalue weighted by molar-refractivity contribution is -0.385. The van der Waals surface area contributed by atoms with Crippen molar-refractivity contribution in [3.8, 4) is 0 Å². The SMILES string of the molecule is Cc1csc(CN(C)c2nc3ccccn3c(=O)c2[N+](=O)[O-])n1. The summed E-state index contributed by atoms with van der Waals surface area (Å²) in [7, 11) is 1.66. The number of pyridine rings is 1. The minimum absolute atomic E-state index is 0.0408. The minimum atomic E-state index is -0.697. The first-order valence-electron chi connectivity index (χ1n) is 6.75. The zero-order valence-corrected chi connectivity index (χ0v) is 13.3. The van der Waals surface area contributed by atoms with Crippen molar-refractivity contribution in [2.45, 2.75) is 13.5 Å². The van der Waals surface area contributed by atoms with E-state index in [9.17, 15) is 14.9 Å². The average molecular weight is 331 g/mol. The lowest BCUT2D eigenvalue weighted by atomic mass is 10.3. The molecule has 0 bridgehead atoms. The average Bonchev–Trinajstić information content (AvgIpc) is 2.91. The number of aromatic nitrogens is 3. The number of thiazole rings is 1. The Hall–Kier alpha value is -2.81. The third-order valence-electron chi connectivity index (χ3n) is 3.28. The van der Waals surface area contributed by atoms with Gasteiger partial charge in [0.25, 0.3) is 0 Å². The highest BCUT2D eigenvalue weighted by Crippen LogP contribution is 2.24. The van der Waals surface area contributed by atoms with Crippen LogP contribution in [0, 0.1) is 17.0 Å². The van der Waals surface area contributed by atoms with E-state index in [0.717, 1.165) is 10.7 Å². The van der Waals surface area contributed by atoms with E-state index in [1.54, 1.807) is 30.1 Å². The number of fused-ring (bicyclic) bond motifs is 1. The highest BCUT2D eigenvalue weighted by Gasteiger charge is 2.26. The standard InChI is InChI=1S/C14H13N5O3S/c1-9-8-23-11(15-9)7-17(2)13-12(19(21)22)14(20)18-6-4-3-5-10(18)16-13/h3-6,8H,7H2,1-2H3. The molecule has 0 saturated heterocycles. The molecule has 0 amide bonds. The molecule has 3 rings (SSSR count). The Morgan fingerprint density at radius 1 is 1.39 bits per heavy atom. The van der Waals surface area contributed by atoms with Crippen LogP contribution in [-0.2, 0) is 6.54 Å². The van der Waals surface area contributed by atoms with Gasteiger partial charge in [-0.3, -0.25) is 19.3 Å². The molecule has 0 N–H and O–H groups in total. The van der Waals surface area contributed by atoms with Gasteiger partial charge in [-0.25, -0.2) is 9.97 Å². The predicted octanol–water partition coefficient (Wildman–Crippen LogP) is 2.00. The van der Waals surface area contributed by atoms with Crippen molar-refractivity contribution in [2.24, 2.45) is 0 Å². The second-order valence-electron chi connectivity index (χ2n) is 5.01. The summed E-state index contributed by atoms with van der Waals surface area (Å²) in [6.45, 7) is 2.22. The molecule has 0 spiro atoms. The third kappa shape index (κ3) is 2.78. The molecule has 0 aliphatic rings. The van der Waals surface area contributed by atoms with Gasteiger partial charge >= 0.3 is 11.2 Å². The maximum atomic E-state index is 12.4. The zero-order chi connectivity index (χ0) is 16.6. The van der Waals surface area contributed by atoms with Crippen molar-refractivity contribution in [3.63, 3.8) is 0 Å². The van der Waals surface area contributed by atoms with E-state index in [-0.39, 0.29) is 5.82 Å². The van der Waals surface area contributed by atoms with Crippen LogP contribution < -0.4 is 10.5 Å². The molecule has 0 radical (unpaired) electrons. The quantitative estimate of drug-likeness (QED) is 0.536. The molecule has 3 heterocycles. The first-order chi connectivity index (χ1) is 11.0. The molecule has 3 aromatic heterocycles. The van der Waals surface area contributed by atoms with Crippen molar-refractivity contribution >= 4 is 28.5 Å². The topological polar surface area (TPSA) is 93.6 Å². The summed E-state index contributed by atoms with van der Waals surface area (Å²) in [6.07, 6.45) is 1.46. The fraction of sp³-hybridized carbons (Fsp3) is 0.214. The molecule has 3 aromatic rings. The summed E-state index contributed by atoms with van der Waals surface area (Å²) in [5, 5.41) is 14.1. The lowest BCUT2D eigenvalue weighted by Crippen LogP contribution is -2.26. The van der Waals surface area contributed by atoms with E-state index in [1.165, 1.54) is 21.9 Å². The predicted molar refractivity (Wildman–Crippen MR) is 87.1 cm³/mol. The van der Waals surface area contributed by atoms with Crippen molar-refractivity contribution in [1.82, 2.24) is 14.4 Å². The number of nitro groups is 1. The summed E-state index contributed by atoms with van der Waals surface area (Å²) in [6, 6.07) is 4.99. The molecule has 0 atom stereocenters. The van der Waals surface area contributed by atoms with Crippen LogP contribution in [0.15, 0.2) is 34.6 Å². The van der Waals surface area contributed by atoms with E-state index < -0.39 is 16.2 Å². The molecular weight excluding hydrogens is 318 g/mol. The maximum absolute atomic E-state index is 12.4. The van der Waals surface area contributed by atoms with Gasteiger partial charge in [-0.2, -0.15) is 0 Å². The zero-order valence-electron chi connectivity index (χ0n) is 12.5. The van der Waals surface area contributed by atoms with Gasteiger partial charge in [0, 0.05) is 24.3 Å². The summed E-state index contributed by atoms with van der Waals surface area (Å²) in [5.41, 5.74) is 0.0157. The Labute approximate surface area is 134 Å². The van der Waals surface area contributed by atoms with Gasteiger partial charge in [-0.05, 0) is 19.1 Å². The van der Waals surface area contributed by atoms with Crippen LogP contribution in [0.5, 0.6) is 0 Å². The monoisotopic (exact) mass is 331 g/mol. The molecule has 0 aliphatic carbocycles. The lowest BCUT2D eigenvalue weighted by Gasteiger charge is -2.16. The Balaban J connectivity index is 2.13. The van der Waals surface area contributed by atoms with Gasteiger partial charge in [0.05, 0.1) is 11.5 Å². The molecule has 0 fully saturated rings. The van der Waals surface area contributed by atoms with Crippen LogP contribution in [0.25, 0.3) is 5.65 Å². The molecule has 8 nitrogen and oxygen atoms in total. The largest absolute Gasteiger partial charge is 0.376 e. The number of nitrogens with zero attached hydrogens (tertiary/aromatic N) is 5. The minimum Gasteiger partial charge on any atom is -0.347 e. The highest BCUT2D eigenvalue weighted by molar-refractivity contribution is 7.09. The van der Waals surface area contributed by atoms with Crippen molar-refractivity contribution in [3.05, 3.63) is 60.9 Å². The Morgan fingerprint density at radius 2 is 2.17 bits per heavy atom. The van der Waals surface area contributed by atoms with Crippen molar-refractivity contribution < 1.29 is 4.92 Å². The van der Waals surface area contributed by atoms with Crippen LogP contribution in [0.3, 0.4) is 0 Å². The van der Waals surface area contributed by atoms with Gasteiger partial charge in [0.2, 0.25) is 5.82 Å². The normalized spacial score (nSPS) is 10.9. The number of rotatable bonds is 4. The molecule has 0 aromatic carbocycles. The van der Waals surface area contributed by atoms with Gasteiger partial charge in [0.1, 0.15) is 10.7 Å². The number of aryl methyl sites for hydroxylation is 1. The van der Waals surface area contributed by atoms with Gasteiger partial charge in [-0.1, -0.05) is 6.07 Å². The molecule has 0 unspecified atom stereocenters. The second-order valence-corrected chi connectivity index (χ2v) is 5.96. The van der Waals surface area contributed by atoms with E-state index in [4.69, 9.17) is 0 Å². The van der Waals surface area contributed by atoms with Crippen LogP contribution in [0.2, 0.25) is 0 Å². The molecule has 0 aliphatic heterocycles. The number of hydrogen-bond acceptors (Lipinski definition) is 7. The van der Waals surface area contributed by atoms with Crippen LogP contribution in [0.4, 0.5) is 11.5 Å². The van der Waals surface area contributed by atoms with E-state index in [0.29, 0.717) is 12.2 Å². The van der Waals surface area contributed by atoms with E-state index in [2.05, 4.69) is 9.97 Å². The molecule has 9 heteroatoms. The Bertz CT molecular complexity index is 949. The smallest absolute Gasteiger partial charge is 0.347 e. The van der Waals surface area contributed by atoms with Crippen LogP contribution in [0.1, 0.15) is 10.7 Å². The third-order valence-corrected chi connectivity index (χ3v) is 4.23. The Morgan fingerprint density at radius 3 is 2.83 bits per heavy atom. The van der Waals surface area contributed by atoms with Gasteiger partial charge in [-0.15, -0.1) is 11.3 Å². The second kappa shape index (κ2) is 5.76. The molecular formula is C14H13N5O3S. The van der Waals surface area contributed by atoms with E-state index >= 15 is 0 Å².